The number of carbonyl (C=O) groups is 1. The maximum atomic E-state index is 13.0. The van der Waals surface area contributed by atoms with Crippen LogP contribution in [0, 0.1) is 11.7 Å². The molecule has 2 aromatic rings. The standard InChI is InChI=1S/C18H18FNO2/c19-12-6-4-11(5-7-12)14-10-15(14)18(21)20-16-2-1-3-17-13(16)8-9-22-17/h4-9,14-16H,1-3,10H2,(H,20,21). The normalized spacial score (nSPS) is 26.3. The lowest BCUT2D eigenvalue weighted by atomic mass is 9.93. The average molecular weight is 299 g/mol. The first-order valence-electron chi connectivity index (χ1n) is 7.84. The minimum atomic E-state index is -0.236. The van der Waals surface area contributed by atoms with Gasteiger partial charge < -0.3 is 9.73 Å². The Morgan fingerprint density at radius 3 is 2.86 bits per heavy atom. The zero-order valence-corrected chi connectivity index (χ0v) is 12.2. The summed E-state index contributed by atoms with van der Waals surface area (Å²) in [5.74, 6) is 1.12. The number of aryl methyl sites for hydroxylation is 1. The van der Waals surface area contributed by atoms with Crippen molar-refractivity contribution in [3.05, 3.63) is 59.3 Å². The molecule has 1 N–H and O–H groups in total. The number of hydrogen-bond donors (Lipinski definition) is 1. The van der Waals surface area contributed by atoms with Gasteiger partial charge in [-0.15, -0.1) is 0 Å². The molecule has 4 heteroatoms. The number of amides is 1. The van der Waals surface area contributed by atoms with Crippen LogP contribution in [0.1, 0.15) is 48.1 Å². The molecule has 1 aromatic carbocycles. The molecule has 114 valence electrons. The van der Waals surface area contributed by atoms with Gasteiger partial charge in [-0.25, -0.2) is 4.39 Å². The lowest BCUT2D eigenvalue weighted by molar-refractivity contribution is -0.123. The van der Waals surface area contributed by atoms with E-state index in [9.17, 15) is 9.18 Å². The molecule has 1 aromatic heterocycles. The highest BCUT2D eigenvalue weighted by Crippen LogP contribution is 2.48. The molecule has 0 saturated heterocycles. The highest BCUT2D eigenvalue weighted by molar-refractivity contribution is 5.83. The molecular formula is C18H18FNO2. The van der Waals surface area contributed by atoms with E-state index in [1.54, 1.807) is 18.4 Å². The van der Waals surface area contributed by atoms with E-state index in [4.69, 9.17) is 4.42 Å². The number of rotatable bonds is 3. The highest BCUT2D eigenvalue weighted by Gasteiger charge is 2.44. The van der Waals surface area contributed by atoms with Gasteiger partial charge in [0, 0.05) is 17.9 Å². The van der Waals surface area contributed by atoms with E-state index >= 15 is 0 Å². The van der Waals surface area contributed by atoms with Gasteiger partial charge in [-0.1, -0.05) is 12.1 Å². The van der Waals surface area contributed by atoms with Crippen molar-refractivity contribution in [2.75, 3.05) is 0 Å². The van der Waals surface area contributed by atoms with E-state index in [0.717, 1.165) is 42.6 Å². The minimum Gasteiger partial charge on any atom is -0.469 e. The number of hydrogen-bond acceptors (Lipinski definition) is 2. The molecule has 1 saturated carbocycles. The second-order valence-electron chi connectivity index (χ2n) is 6.25. The van der Waals surface area contributed by atoms with Gasteiger partial charge in [0.05, 0.1) is 12.3 Å². The summed E-state index contributed by atoms with van der Waals surface area (Å²) in [5, 5.41) is 3.16. The summed E-state index contributed by atoms with van der Waals surface area (Å²) < 4.78 is 18.4. The first kappa shape index (κ1) is 13.6. The topological polar surface area (TPSA) is 42.2 Å². The first-order chi connectivity index (χ1) is 10.7. The van der Waals surface area contributed by atoms with E-state index in [0.29, 0.717) is 0 Å². The molecule has 2 aliphatic rings. The van der Waals surface area contributed by atoms with Crippen LogP contribution in [0.15, 0.2) is 41.0 Å². The Morgan fingerprint density at radius 2 is 2.05 bits per heavy atom. The van der Waals surface area contributed by atoms with E-state index in [1.807, 2.05) is 6.07 Å². The molecule has 1 heterocycles. The number of halogens is 1. The Hall–Kier alpha value is -2.10. The molecule has 0 spiro atoms. The van der Waals surface area contributed by atoms with Crippen molar-refractivity contribution < 1.29 is 13.6 Å². The molecule has 1 amide bonds. The van der Waals surface area contributed by atoms with Crippen LogP contribution in [-0.4, -0.2) is 5.91 Å². The second-order valence-corrected chi connectivity index (χ2v) is 6.25. The van der Waals surface area contributed by atoms with Gasteiger partial charge in [-0.05, 0) is 48.9 Å². The highest BCUT2D eigenvalue weighted by atomic mass is 19.1. The van der Waals surface area contributed by atoms with Crippen molar-refractivity contribution in [1.82, 2.24) is 5.32 Å². The summed E-state index contributed by atoms with van der Waals surface area (Å²) in [4.78, 5) is 12.4. The fourth-order valence-corrected chi connectivity index (χ4v) is 3.48. The summed E-state index contributed by atoms with van der Waals surface area (Å²) in [6.45, 7) is 0. The van der Waals surface area contributed by atoms with Crippen LogP contribution in [0.3, 0.4) is 0 Å². The monoisotopic (exact) mass is 299 g/mol. The molecule has 1 fully saturated rings. The maximum absolute atomic E-state index is 13.0. The second kappa shape index (κ2) is 5.27. The quantitative estimate of drug-likeness (QED) is 0.938. The van der Waals surface area contributed by atoms with Crippen molar-refractivity contribution in [2.24, 2.45) is 5.92 Å². The summed E-state index contributed by atoms with van der Waals surface area (Å²) in [5.41, 5.74) is 2.17. The molecule has 4 rings (SSSR count). The third-order valence-electron chi connectivity index (χ3n) is 4.79. The lowest BCUT2D eigenvalue weighted by Gasteiger charge is -2.22. The van der Waals surface area contributed by atoms with Crippen LogP contribution in [-0.2, 0) is 11.2 Å². The SMILES string of the molecule is O=C(NC1CCCc2occc21)C1CC1c1ccc(F)cc1. The zero-order valence-electron chi connectivity index (χ0n) is 12.2. The smallest absolute Gasteiger partial charge is 0.224 e. The summed E-state index contributed by atoms with van der Waals surface area (Å²) in [7, 11) is 0. The lowest BCUT2D eigenvalue weighted by Crippen LogP contribution is -2.31. The van der Waals surface area contributed by atoms with Gasteiger partial charge in [0.2, 0.25) is 5.91 Å². The molecule has 2 aliphatic carbocycles. The minimum absolute atomic E-state index is 0.0164. The summed E-state index contributed by atoms with van der Waals surface area (Å²) in [6.07, 6.45) is 5.51. The van der Waals surface area contributed by atoms with Gasteiger partial charge in [-0.2, -0.15) is 0 Å². The molecule has 0 bridgehead atoms. The van der Waals surface area contributed by atoms with E-state index in [2.05, 4.69) is 5.32 Å². The fourth-order valence-electron chi connectivity index (χ4n) is 3.48. The Labute approximate surface area is 128 Å². The number of fused-ring (bicyclic) bond motifs is 1. The van der Waals surface area contributed by atoms with Crippen LogP contribution in [0.5, 0.6) is 0 Å². The van der Waals surface area contributed by atoms with Gasteiger partial charge >= 0.3 is 0 Å². The predicted octanol–water partition coefficient (Wildman–Crippen LogP) is 3.72. The van der Waals surface area contributed by atoms with Gasteiger partial charge in [0.15, 0.2) is 0 Å². The maximum Gasteiger partial charge on any atom is 0.224 e. The number of benzene rings is 1. The molecular weight excluding hydrogens is 281 g/mol. The average Bonchev–Trinajstić information content (AvgIpc) is 3.17. The number of nitrogens with one attached hydrogen (secondary N) is 1. The Balaban J connectivity index is 1.41. The zero-order chi connectivity index (χ0) is 15.1. The van der Waals surface area contributed by atoms with E-state index in [1.165, 1.54) is 12.1 Å². The van der Waals surface area contributed by atoms with Crippen LogP contribution in [0.25, 0.3) is 0 Å². The largest absolute Gasteiger partial charge is 0.469 e. The molecule has 0 aliphatic heterocycles. The summed E-state index contributed by atoms with van der Waals surface area (Å²) >= 11 is 0. The fraction of sp³-hybridized carbons (Fsp3) is 0.389. The Morgan fingerprint density at radius 1 is 1.23 bits per heavy atom. The van der Waals surface area contributed by atoms with Crippen molar-refractivity contribution in [3.63, 3.8) is 0 Å². The number of furan rings is 1. The summed E-state index contributed by atoms with van der Waals surface area (Å²) in [6, 6.07) is 8.51. The van der Waals surface area contributed by atoms with E-state index in [-0.39, 0.29) is 29.6 Å². The predicted molar refractivity (Wildman–Crippen MR) is 79.8 cm³/mol. The Kier molecular flexibility index (Phi) is 3.25. The van der Waals surface area contributed by atoms with Crippen LogP contribution in [0.2, 0.25) is 0 Å². The molecule has 3 unspecified atom stereocenters. The van der Waals surface area contributed by atoms with Crippen LogP contribution < -0.4 is 5.32 Å². The van der Waals surface area contributed by atoms with Gasteiger partial charge in [0.1, 0.15) is 11.6 Å². The third-order valence-corrected chi connectivity index (χ3v) is 4.79. The van der Waals surface area contributed by atoms with E-state index < -0.39 is 0 Å². The Bertz CT molecular complexity index is 691. The number of carbonyl (C=O) groups excluding carboxylic acids is 1. The van der Waals surface area contributed by atoms with Crippen molar-refractivity contribution in [2.45, 2.75) is 37.6 Å². The van der Waals surface area contributed by atoms with Crippen molar-refractivity contribution in [3.8, 4) is 0 Å². The van der Waals surface area contributed by atoms with Gasteiger partial charge in [-0.3, -0.25) is 4.79 Å². The van der Waals surface area contributed by atoms with Crippen LogP contribution >= 0.6 is 0 Å². The first-order valence-corrected chi connectivity index (χ1v) is 7.84. The molecule has 22 heavy (non-hydrogen) atoms. The van der Waals surface area contributed by atoms with Gasteiger partial charge in [0.25, 0.3) is 0 Å². The van der Waals surface area contributed by atoms with Crippen LogP contribution in [0.4, 0.5) is 4.39 Å². The third kappa shape index (κ3) is 2.43. The molecule has 3 atom stereocenters. The van der Waals surface area contributed by atoms with Crippen molar-refractivity contribution >= 4 is 5.91 Å². The molecule has 3 nitrogen and oxygen atoms in total. The van der Waals surface area contributed by atoms with Crippen molar-refractivity contribution in [1.29, 1.82) is 0 Å². The molecule has 0 radical (unpaired) electrons.